The zero-order valence-corrected chi connectivity index (χ0v) is 9.05. The number of aliphatic carboxylic acids is 1. The number of carboxylic acids is 1. The minimum atomic E-state index is -1.17. The zero-order valence-electron chi connectivity index (χ0n) is 9.05. The monoisotopic (exact) mass is 222 g/mol. The highest BCUT2D eigenvalue weighted by Gasteiger charge is 2.42. The third-order valence-electron chi connectivity index (χ3n) is 2.79. The average molecular weight is 222 g/mol. The van der Waals surface area contributed by atoms with Gasteiger partial charge in [0.1, 0.15) is 5.54 Å². The van der Waals surface area contributed by atoms with E-state index < -0.39 is 11.5 Å². The molecule has 0 saturated carbocycles. The van der Waals surface area contributed by atoms with Crippen molar-refractivity contribution < 1.29 is 9.90 Å². The Morgan fingerprint density at radius 1 is 1.69 bits per heavy atom. The topological polar surface area (TPSA) is 92.3 Å². The van der Waals surface area contributed by atoms with Crippen molar-refractivity contribution in [3.63, 3.8) is 0 Å². The second kappa shape index (κ2) is 3.71. The van der Waals surface area contributed by atoms with Gasteiger partial charge in [-0.2, -0.15) is 0 Å². The van der Waals surface area contributed by atoms with Crippen LogP contribution in [0.4, 0.5) is 5.95 Å². The minimum absolute atomic E-state index is 0.256. The molecule has 16 heavy (non-hydrogen) atoms. The molecule has 1 aliphatic heterocycles. The van der Waals surface area contributed by atoms with Crippen molar-refractivity contribution in [1.82, 2.24) is 9.97 Å². The Morgan fingerprint density at radius 3 is 3.00 bits per heavy atom. The fraction of sp³-hybridized carbons (Fsp3) is 0.500. The van der Waals surface area contributed by atoms with Crippen molar-refractivity contribution in [2.75, 3.05) is 18.0 Å². The Labute approximate surface area is 93.1 Å². The lowest BCUT2D eigenvalue weighted by molar-refractivity contribution is -0.142. The number of carboxylic acid groups (broad SMARTS) is 1. The number of hydrogen-bond donors (Lipinski definition) is 2. The van der Waals surface area contributed by atoms with Crippen LogP contribution in [-0.4, -0.2) is 39.7 Å². The quantitative estimate of drug-likeness (QED) is 0.718. The second-order valence-corrected chi connectivity index (χ2v) is 4.13. The lowest BCUT2D eigenvalue weighted by Crippen LogP contribution is -2.50. The van der Waals surface area contributed by atoms with Crippen LogP contribution in [0.2, 0.25) is 0 Å². The van der Waals surface area contributed by atoms with Crippen LogP contribution in [0, 0.1) is 6.92 Å². The lowest BCUT2D eigenvalue weighted by Gasteiger charge is -2.19. The first-order valence-electron chi connectivity index (χ1n) is 5.08. The molecular weight excluding hydrogens is 208 g/mol. The van der Waals surface area contributed by atoms with E-state index in [0.717, 1.165) is 5.69 Å². The molecule has 3 N–H and O–H groups in total. The first-order valence-corrected chi connectivity index (χ1v) is 5.08. The van der Waals surface area contributed by atoms with Crippen molar-refractivity contribution in [2.24, 2.45) is 5.73 Å². The smallest absolute Gasteiger partial charge is 0.325 e. The molecule has 0 radical (unpaired) electrons. The summed E-state index contributed by atoms with van der Waals surface area (Å²) in [5.41, 5.74) is 5.45. The van der Waals surface area contributed by atoms with E-state index in [-0.39, 0.29) is 6.54 Å². The van der Waals surface area contributed by atoms with Gasteiger partial charge in [-0.3, -0.25) is 4.79 Å². The third-order valence-corrected chi connectivity index (χ3v) is 2.79. The number of nitrogens with two attached hydrogens (primary N) is 1. The lowest BCUT2D eigenvalue weighted by atomic mass is 10.0. The van der Waals surface area contributed by atoms with Gasteiger partial charge < -0.3 is 15.7 Å². The van der Waals surface area contributed by atoms with Crippen molar-refractivity contribution in [2.45, 2.75) is 18.9 Å². The van der Waals surface area contributed by atoms with Crippen LogP contribution in [0.5, 0.6) is 0 Å². The summed E-state index contributed by atoms with van der Waals surface area (Å²) in [6, 6.07) is 1.80. The Balaban J connectivity index is 2.18. The number of nitrogens with zero attached hydrogens (tertiary/aromatic N) is 3. The molecular formula is C10H14N4O2. The number of rotatable bonds is 2. The van der Waals surface area contributed by atoms with Crippen molar-refractivity contribution in [3.8, 4) is 0 Å². The van der Waals surface area contributed by atoms with E-state index in [9.17, 15) is 4.79 Å². The van der Waals surface area contributed by atoms with E-state index >= 15 is 0 Å². The van der Waals surface area contributed by atoms with Gasteiger partial charge in [-0.1, -0.05) is 0 Å². The van der Waals surface area contributed by atoms with Crippen LogP contribution in [0.25, 0.3) is 0 Å². The van der Waals surface area contributed by atoms with Gasteiger partial charge in [0.25, 0.3) is 0 Å². The molecule has 1 aliphatic rings. The number of hydrogen-bond acceptors (Lipinski definition) is 5. The Kier molecular flexibility index (Phi) is 2.51. The summed E-state index contributed by atoms with van der Waals surface area (Å²) in [5.74, 6) is -0.420. The maximum atomic E-state index is 11.0. The van der Waals surface area contributed by atoms with Gasteiger partial charge in [0.15, 0.2) is 0 Å². The molecule has 1 fully saturated rings. The van der Waals surface area contributed by atoms with E-state index in [2.05, 4.69) is 9.97 Å². The summed E-state index contributed by atoms with van der Waals surface area (Å²) < 4.78 is 0. The van der Waals surface area contributed by atoms with Gasteiger partial charge in [-0.25, -0.2) is 9.97 Å². The summed E-state index contributed by atoms with van der Waals surface area (Å²) in [6.45, 7) is 2.70. The maximum Gasteiger partial charge on any atom is 0.325 e. The van der Waals surface area contributed by atoms with Gasteiger partial charge in [0.05, 0.1) is 0 Å². The summed E-state index contributed by atoms with van der Waals surface area (Å²) in [4.78, 5) is 21.1. The van der Waals surface area contributed by atoms with Gasteiger partial charge >= 0.3 is 5.97 Å². The molecule has 0 aromatic carbocycles. The molecule has 0 bridgehead atoms. The van der Waals surface area contributed by atoms with Gasteiger partial charge in [0.2, 0.25) is 5.95 Å². The molecule has 0 spiro atoms. The highest BCUT2D eigenvalue weighted by atomic mass is 16.4. The highest BCUT2D eigenvalue weighted by Crippen LogP contribution is 2.22. The number of anilines is 1. The fourth-order valence-corrected chi connectivity index (χ4v) is 1.77. The van der Waals surface area contributed by atoms with Crippen LogP contribution in [0.15, 0.2) is 12.3 Å². The molecule has 1 aromatic rings. The van der Waals surface area contributed by atoms with E-state index in [0.29, 0.717) is 18.9 Å². The summed E-state index contributed by atoms with van der Waals surface area (Å²) in [6.07, 6.45) is 2.08. The molecule has 0 amide bonds. The van der Waals surface area contributed by atoms with Gasteiger partial charge in [-0.15, -0.1) is 0 Å². The highest BCUT2D eigenvalue weighted by molar-refractivity contribution is 5.80. The van der Waals surface area contributed by atoms with Crippen LogP contribution < -0.4 is 10.6 Å². The van der Waals surface area contributed by atoms with Crippen LogP contribution in [0.3, 0.4) is 0 Å². The van der Waals surface area contributed by atoms with Crippen molar-refractivity contribution in [1.29, 1.82) is 0 Å². The van der Waals surface area contributed by atoms with E-state index in [1.54, 1.807) is 17.2 Å². The molecule has 2 rings (SSSR count). The number of carbonyl (C=O) groups is 1. The largest absolute Gasteiger partial charge is 0.480 e. The van der Waals surface area contributed by atoms with Crippen molar-refractivity contribution in [3.05, 3.63) is 18.0 Å². The minimum Gasteiger partial charge on any atom is -0.480 e. The Morgan fingerprint density at radius 2 is 2.44 bits per heavy atom. The molecule has 1 unspecified atom stereocenters. The predicted octanol–water partition coefficient (Wildman–Crippen LogP) is -0.223. The Hall–Kier alpha value is -1.69. The molecule has 0 aliphatic carbocycles. The fourth-order valence-electron chi connectivity index (χ4n) is 1.77. The SMILES string of the molecule is Cc1ccnc(N2CCC(N)(C(=O)O)C2)n1. The predicted molar refractivity (Wildman–Crippen MR) is 58.2 cm³/mol. The molecule has 1 aromatic heterocycles. The first-order chi connectivity index (χ1) is 7.51. The van der Waals surface area contributed by atoms with Gasteiger partial charge in [0, 0.05) is 25.0 Å². The van der Waals surface area contributed by atoms with E-state index in [4.69, 9.17) is 10.8 Å². The molecule has 1 atom stereocenters. The average Bonchev–Trinajstić information content (AvgIpc) is 2.62. The van der Waals surface area contributed by atoms with E-state index in [1.807, 2.05) is 6.92 Å². The van der Waals surface area contributed by atoms with Gasteiger partial charge in [-0.05, 0) is 19.4 Å². The Bertz CT molecular complexity index is 423. The summed E-state index contributed by atoms with van der Waals surface area (Å²) >= 11 is 0. The maximum absolute atomic E-state index is 11.0. The van der Waals surface area contributed by atoms with Crippen LogP contribution in [-0.2, 0) is 4.79 Å². The molecule has 86 valence electrons. The third kappa shape index (κ3) is 1.83. The molecule has 6 nitrogen and oxygen atoms in total. The zero-order chi connectivity index (χ0) is 11.8. The van der Waals surface area contributed by atoms with Crippen LogP contribution >= 0.6 is 0 Å². The normalized spacial score (nSPS) is 24.8. The first kappa shape index (κ1) is 10.8. The summed E-state index contributed by atoms with van der Waals surface area (Å²) in [7, 11) is 0. The molecule has 2 heterocycles. The number of aromatic nitrogens is 2. The summed E-state index contributed by atoms with van der Waals surface area (Å²) in [5, 5.41) is 9.00. The second-order valence-electron chi connectivity index (χ2n) is 4.13. The van der Waals surface area contributed by atoms with Crippen molar-refractivity contribution >= 4 is 11.9 Å². The standard InChI is InChI=1S/C10H14N4O2/c1-7-2-4-12-9(13-7)14-5-3-10(11,6-14)8(15)16/h2,4H,3,5-6,11H2,1H3,(H,15,16). The number of aryl methyl sites for hydroxylation is 1. The van der Waals surface area contributed by atoms with Crippen LogP contribution in [0.1, 0.15) is 12.1 Å². The molecule has 1 saturated heterocycles. The molecule has 6 heteroatoms. The van der Waals surface area contributed by atoms with E-state index in [1.165, 1.54) is 0 Å².